The minimum Gasteiger partial charge on any atom is -0.313 e. The van der Waals surface area contributed by atoms with Gasteiger partial charge >= 0.3 is 0 Å². The molecule has 0 fully saturated rings. The van der Waals surface area contributed by atoms with Crippen LogP contribution in [0.15, 0.2) is 42.5 Å². The fourth-order valence-corrected chi connectivity index (χ4v) is 3.90. The lowest BCUT2D eigenvalue weighted by molar-refractivity contribution is 0.430. The monoisotopic (exact) mass is 307 g/mol. The summed E-state index contributed by atoms with van der Waals surface area (Å²) < 4.78 is 0.878. The first-order valence-corrected chi connectivity index (χ1v) is 8.46. The van der Waals surface area contributed by atoms with E-state index in [1.54, 1.807) is 11.3 Å². The van der Waals surface area contributed by atoms with Crippen molar-refractivity contribution in [3.05, 3.63) is 57.2 Å². The van der Waals surface area contributed by atoms with Crippen molar-refractivity contribution in [1.82, 2.24) is 5.32 Å². The number of rotatable bonds is 7. The van der Waals surface area contributed by atoms with Gasteiger partial charge in [0.1, 0.15) is 0 Å². The molecule has 2 atom stereocenters. The molecule has 0 radical (unpaired) electrons. The molecule has 0 bridgehead atoms. The third-order valence-electron chi connectivity index (χ3n) is 3.67. The smallest absolute Gasteiger partial charge is 0.0931 e. The highest BCUT2D eigenvalue weighted by Crippen LogP contribution is 2.29. The molecule has 0 saturated carbocycles. The lowest BCUT2D eigenvalue weighted by Crippen LogP contribution is -2.36. The molecule has 1 aromatic heterocycles. The molecule has 20 heavy (non-hydrogen) atoms. The molecular weight excluding hydrogens is 286 g/mol. The molecule has 2 unspecified atom stereocenters. The van der Waals surface area contributed by atoms with Crippen LogP contribution in [0.1, 0.15) is 36.6 Å². The number of thiophene rings is 1. The Bertz CT molecular complexity index is 509. The Labute approximate surface area is 131 Å². The summed E-state index contributed by atoms with van der Waals surface area (Å²) in [6.07, 6.45) is 2.18. The van der Waals surface area contributed by atoms with E-state index in [2.05, 4.69) is 55.6 Å². The van der Waals surface area contributed by atoms with Gasteiger partial charge in [-0.1, -0.05) is 55.8 Å². The van der Waals surface area contributed by atoms with Crippen molar-refractivity contribution in [2.24, 2.45) is 0 Å². The standard InChI is InChI=1S/C17H22ClNS/c1-3-15(13-8-6-5-7-9-13)16(19-4-2)12-14-10-11-17(18)20-14/h5-11,15-16,19H,3-4,12H2,1-2H3. The number of halogens is 1. The fraction of sp³-hybridized carbons (Fsp3) is 0.412. The van der Waals surface area contributed by atoms with Crippen LogP contribution in [-0.4, -0.2) is 12.6 Å². The van der Waals surface area contributed by atoms with Gasteiger partial charge in [-0.2, -0.15) is 0 Å². The zero-order valence-corrected chi connectivity index (χ0v) is 13.7. The number of benzene rings is 1. The molecule has 1 aromatic carbocycles. The second kappa shape index (κ2) is 7.82. The van der Waals surface area contributed by atoms with Crippen LogP contribution in [0.25, 0.3) is 0 Å². The Morgan fingerprint density at radius 1 is 1.10 bits per heavy atom. The van der Waals surface area contributed by atoms with Gasteiger partial charge in [0.15, 0.2) is 0 Å². The molecule has 3 heteroatoms. The molecule has 0 spiro atoms. The van der Waals surface area contributed by atoms with Crippen LogP contribution < -0.4 is 5.32 Å². The van der Waals surface area contributed by atoms with Gasteiger partial charge in [0, 0.05) is 10.9 Å². The molecule has 1 heterocycles. The van der Waals surface area contributed by atoms with Crippen LogP contribution in [-0.2, 0) is 6.42 Å². The predicted molar refractivity (Wildman–Crippen MR) is 90.0 cm³/mol. The molecule has 0 aliphatic carbocycles. The van der Waals surface area contributed by atoms with E-state index in [9.17, 15) is 0 Å². The number of hydrogen-bond acceptors (Lipinski definition) is 2. The molecule has 2 aromatic rings. The molecule has 1 N–H and O–H groups in total. The molecule has 108 valence electrons. The van der Waals surface area contributed by atoms with Gasteiger partial charge < -0.3 is 5.32 Å². The lowest BCUT2D eigenvalue weighted by atomic mass is 9.87. The second-order valence-corrected chi connectivity index (χ2v) is 6.80. The summed E-state index contributed by atoms with van der Waals surface area (Å²) in [6.45, 7) is 5.43. The Morgan fingerprint density at radius 3 is 2.40 bits per heavy atom. The highest BCUT2D eigenvalue weighted by atomic mass is 35.5. The van der Waals surface area contributed by atoms with Crippen molar-refractivity contribution in [2.45, 2.75) is 38.6 Å². The number of likely N-dealkylation sites (N-methyl/N-ethyl adjacent to an activating group) is 1. The Balaban J connectivity index is 2.17. The summed E-state index contributed by atoms with van der Waals surface area (Å²) >= 11 is 7.74. The predicted octanol–water partition coefficient (Wildman–Crippen LogP) is 5.12. The Kier molecular flexibility index (Phi) is 6.08. The molecule has 2 rings (SSSR count). The molecule has 0 aliphatic heterocycles. The van der Waals surface area contributed by atoms with Gasteiger partial charge in [0.2, 0.25) is 0 Å². The normalized spacial score (nSPS) is 14.2. The van der Waals surface area contributed by atoms with Crippen LogP contribution in [0.3, 0.4) is 0 Å². The van der Waals surface area contributed by atoms with E-state index in [-0.39, 0.29) is 0 Å². The van der Waals surface area contributed by atoms with Crippen molar-refractivity contribution >= 4 is 22.9 Å². The van der Waals surface area contributed by atoms with E-state index in [0.29, 0.717) is 12.0 Å². The third kappa shape index (κ3) is 4.08. The fourth-order valence-electron chi connectivity index (χ4n) is 2.75. The Morgan fingerprint density at radius 2 is 1.85 bits per heavy atom. The minimum atomic E-state index is 0.460. The lowest BCUT2D eigenvalue weighted by Gasteiger charge is -2.27. The summed E-state index contributed by atoms with van der Waals surface area (Å²) in [5.74, 6) is 0.539. The molecule has 1 nitrogen and oxygen atoms in total. The molecule has 0 amide bonds. The van der Waals surface area contributed by atoms with E-state index >= 15 is 0 Å². The van der Waals surface area contributed by atoms with Gasteiger partial charge in [-0.15, -0.1) is 11.3 Å². The average molecular weight is 308 g/mol. The topological polar surface area (TPSA) is 12.0 Å². The van der Waals surface area contributed by atoms with Crippen molar-refractivity contribution in [2.75, 3.05) is 6.54 Å². The summed E-state index contributed by atoms with van der Waals surface area (Å²) in [4.78, 5) is 1.36. The van der Waals surface area contributed by atoms with Gasteiger partial charge in [-0.25, -0.2) is 0 Å². The maximum atomic E-state index is 6.05. The van der Waals surface area contributed by atoms with E-state index in [1.165, 1.54) is 10.4 Å². The maximum Gasteiger partial charge on any atom is 0.0931 e. The zero-order chi connectivity index (χ0) is 14.4. The van der Waals surface area contributed by atoms with Crippen LogP contribution in [0.2, 0.25) is 4.34 Å². The molecule has 0 aliphatic rings. The van der Waals surface area contributed by atoms with Crippen LogP contribution >= 0.6 is 22.9 Å². The van der Waals surface area contributed by atoms with Crippen molar-refractivity contribution < 1.29 is 0 Å². The highest BCUT2D eigenvalue weighted by Gasteiger charge is 2.21. The van der Waals surface area contributed by atoms with Gasteiger partial charge in [-0.3, -0.25) is 0 Å². The zero-order valence-electron chi connectivity index (χ0n) is 12.1. The number of hydrogen-bond donors (Lipinski definition) is 1. The Hall–Kier alpha value is -0.830. The maximum absolute atomic E-state index is 6.05. The first-order valence-electron chi connectivity index (χ1n) is 7.27. The quantitative estimate of drug-likeness (QED) is 0.749. The van der Waals surface area contributed by atoms with Crippen LogP contribution in [0.5, 0.6) is 0 Å². The van der Waals surface area contributed by atoms with E-state index < -0.39 is 0 Å². The van der Waals surface area contributed by atoms with Gasteiger partial charge in [0.05, 0.1) is 4.34 Å². The highest BCUT2D eigenvalue weighted by molar-refractivity contribution is 7.16. The first kappa shape index (κ1) is 15.6. The van der Waals surface area contributed by atoms with Crippen molar-refractivity contribution in [3.63, 3.8) is 0 Å². The van der Waals surface area contributed by atoms with E-state index in [0.717, 1.165) is 23.7 Å². The summed E-state index contributed by atoms with van der Waals surface area (Å²) in [7, 11) is 0. The van der Waals surface area contributed by atoms with Crippen molar-refractivity contribution in [3.8, 4) is 0 Å². The van der Waals surface area contributed by atoms with Crippen molar-refractivity contribution in [1.29, 1.82) is 0 Å². The van der Waals surface area contributed by atoms with E-state index in [4.69, 9.17) is 11.6 Å². The van der Waals surface area contributed by atoms with Gasteiger partial charge in [-0.05, 0) is 43.0 Å². The molecule has 0 saturated heterocycles. The first-order chi connectivity index (χ1) is 9.74. The summed E-state index contributed by atoms with van der Waals surface area (Å²) in [5, 5.41) is 3.65. The van der Waals surface area contributed by atoms with Crippen LogP contribution in [0.4, 0.5) is 0 Å². The minimum absolute atomic E-state index is 0.460. The SMILES string of the molecule is CCNC(Cc1ccc(Cl)s1)C(CC)c1ccccc1. The van der Waals surface area contributed by atoms with Gasteiger partial charge in [0.25, 0.3) is 0 Å². The summed E-state index contributed by atoms with van der Waals surface area (Å²) in [5.41, 5.74) is 1.42. The van der Waals surface area contributed by atoms with E-state index in [1.807, 2.05) is 6.07 Å². The number of nitrogens with one attached hydrogen (secondary N) is 1. The van der Waals surface area contributed by atoms with Crippen LogP contribution in [0, 0.1) is 0 Å². The third-order valence-corrected chi connectivity index (χ3v) is 4.92. The second-order valence-electron chi connectivity index (χ2n) is 5.00. The summed E-state index contributed by atoms with van der Waals surface area (Å²) in [6, 6.07) is 15.4. The average Bonchev–Trinajstić information content (AvgIpc) is 2.86. The largest absolute Gasteiger partial charge is 0.313 e. The molecular formula is C17H22ClNS.